The zero-order valence-corrected chi connectivity index (χ0v) is 14.2. The second kappa shape index (κ2) is 8.47. The lowest BCUT2D eigenvalue weighted by Crippen LogP contribution is -2.25. The van der Waals surface area contributed by atoms with Gasteiger partial charge in [0.15, 0.2) is 0 Å². The van der Waals surface area contributed by atoms with Crippen LogP contribution < -0.4 is 20.6 Å². The van der Waals surface area contributed by atoms with Crippen molar-refractivity contribution in [3.05, 3.63) is 57.6 Å². The van der Waals surface area contributed by atoms with Gasteiger partial charge in [-0.25, -0.2) is 5.43 Å². The van der Waals surface area contributed by atoms with E-state index in [0.717, 1.165) is 17.3 Å². The molecule has 9 heteroatoms. The summed E-state index contributed by atoms with van der Waals surface area (Å²) in [7, 11) is 1.24. The van der Waals surface area contributed by atoms with Crippen LogP contribution in [0.25, 0.3) is 0 Å². The Morgan fingerprint density at radius 1 is 1.31 bits per heavy atom. The van der Waals surface area contributed by atoms with E-state index in [0.29, 0.717) is 0 Å². The van der Waals surface area contributed by atoms with Crippen LogP contribution in [0.3, 0.4) is 0 Å². The molecule has 0 aliphatic rings. The summed E-state index contributed by atoms with van der Waals surface area (Å²) >= 11 is 0. The van der Waals surface area contributed by atoms with Crippen molar-refractivity contribution in [2.45, 2.75) is 6.92 Å². The highest BCUT2D eigenvalue weighted by Crippen LogP contribution is 2.33. The van der Waals surface area contributed by atoms with Crippen molar-refractivity contribution in [1.82, 2.24) is 5.43 Å². The largest absolute Gasteiger partial charge is 0.865 e. The van der Waals surface area contributed by atoms with Crippen LogP contribution in [0.15, 0.2) is 41.5 Å². The molecule has 0 heterocycles. The Balaban J connectivity index is 1.96. The number of nitro benzene ring substituents is 1. The molecule has 2 N–H and O–H groups in total. The molecule has 0 aromatic heterocycles. The molecule has 9 nitrogen and oxygen atoms in total. The molecule has 0 atom stereocenters. The van der Waals surface area contributed by atoms with E-state index < -0.39 is 22.3 Å². The van der Waals surface area contributed by atoms with Gasteiger partial charge in [-0.15, -0.1) is 0 Å². The van der Waals surface area contributed by atoms with Crippen LogP contribution in [-0.2, 0) is 4.79 Å². The number of rotatable bonds is 7. The van der Waals surface area contributed by atoms with Gasteiger partial charge in [0.05, 0.1) is 24.8 Å². The van der Waals surface area contributed by atoms with E-state index in [9.17, 15) is 20.0 Å². The number of carbonyl (C=O) groups is 1. The number of amides is 1. The molecule has 0 radical (unpaired) electrons. The molecule has 0 saturated carbocycles. The number of benzene rings is 2. The lowest BCUT2D eigenvalue weighted by molar-refractivity contribution is -0.398. The van der Waals surface area contributed by atoms with Crippen LogP contribution >= 0.6 is 0 Å². The van der Waals surface area contributed by atoms with Crippen molar-refractivity contribution in [3.63, 3.8) is 0 Å². The number of ether oxygens (including phenoxy) is 1. The van der Waals surface area contributed by atoms with Crippen molar-refractivity contribution in [2.24, 2.45) is 5.10 Å². The molecular weight excluding hydrogens is 340 g/mol. The minimum atomic E-state index is -0.819. The molecule has 2 aromatic carbocycles. The summed E-state index contributed by atoms with van der Waals surface area (Å²) in [6, 6.07) is 9.89. The number of aryl methyl sites for hydroxylation is 1. The lowest BCUT2D eigenvalue weighted by Gasteiger charge is -2.12. The number of hydrazone groups is 1. The van der Waals surface area contributed by atoms with Gasteiger partial charge in [-0.2, -0.15) is 5.10 Å². The van der Waals surface area contributed by atoms with Crippen molar-refractivity contribution in [1.29, 1.82) is 0 Å². The van der Waals surface area contributed by atoms with Crippen LogP contribution in [0.1, 0.15) is 11.1 Å². The number of methoxy groups -OCH3 is 1. The van der Waals surface area contributed by atoms with E-state index in [4.69, 9.17) is 4.74 Å². The maximum Gasteiger partial charge on any atom is 0.266 e. The highest BCUT2D eigenvalue weighted by atomic mass is 16.6. The van der Waals surface area contributed by atoms with Gasteiger partial charge in [0.1, 0.15) is 5.75 Å². The first-order chi connectivity index (χ1) is 12.4. The maximum atomic E-state index is 11.8. The monoisotopic (exact) mass is 357 g/mol. The fourth-order valence-corrected chi connectivity index (χ4v) is 2.04. The van der Waals surface area contributed by atoms with Crippen LogP contribution in [0.2, 0.25) is 0 Å². The van der Waals surface area contributed by atoms with E-state index in [1.165, 1.54) is 19.4 Å². The molecule has 0 fully saturated rings. The topological polar surface area (TPSA) is 129 Å². The SMILES string of the molecule is COc1cc(/C=N/NC(=O)CNc2ccc(C)cc2)cc([N+](=O)[O-])c1[O-]. The molecule has 0 spiro atoms. The summed E-state index contributed by atoms with van der Waals surface area (Å²) in [6.45, 7) is 1.97. The fourth-order valence-electron chi connectivity index (χ4n) is 2.04. The minimum absolute atomic E-state index is 0.00334. The van der Waals surface area contributed by atoms with Crippen molar-refractivity contribution in [2.75, 3.05) is 19.0 Å². The molecule has 1 amide bonds. The third-order valence-electron chi connectivity index (χ3n) is 3.38. The highest BCUT2D eigenvalue weighted by Gasteiger charge is 2.12. The van der Waals surface area contributed by atoms with Crippen molar-refractivity contribution < 1.29 is 19.6 Å². The summed E-state index contributed by atoms with van der Waals surface area (Å²) in [5, 5.41) is 29.3. The number of nitro groups is 1. The predicted octanol–water partition coefficient (Wildman–Crippen LogP) is 1.55. The lowest BCUT2D eigenvalue weighted by atomic mass is 10.2. The minimum Gasteiger partial charge on any atom is -0.865 e. The average molecular weight is 357 g/mol. The summed E-state index contributed by atoms with van der Waals surface area (Å²) in [4.78, 5) is 21.8. The quantitative estimate of drug-likeness (QED) is 0.439. The smallest absolute Gasteiger partial charge is 0.266 e. The standard InChI is InChI=1S/C17H18N4O5/c1-11-3-5-13(6-4-11)18-10-16(22)20-19-9-12-7-14(21(24)25)17(23)15(8-12)26-2/h3-9,18,23H,10H2,1-2H3,(H,20,22)/p-1/b19-9+. The van der Waals surface area contributed by atoms with Gasteiger partial charge in [0.2, 0.25) is 0 Å². The number of hydrogen-bond acceptors (Lipinski definition) is 7. The molecule has 26 heavy (non-hydrogen) atoms. The average Bonchev–Trinajstić information content (AvgIpc) is 2.62. The van der Waals surface area contributed by atoms with Crippen LogP contribution in [0.4, 0.5) is 11.4 Å². The fraction of sp³-hybridized carbons (Fsp3) is 0.176. The summed E-state index contributed by atoms with van der Waals surface area (Å²) < 4.78 is 4.82. The number of nitrogens with one attached hydrogen (secondary N) is 2. The van der Waals surface area contributed by atoms with Gasteiger partial charge < -0.3 is 15.2 Å². The first-order valence-corrected chi connectivity index (χ1v) is 7.56. The molecule has 0 aliphatic heterocycles. The van der Waals surface area contributed by atoms with E-state index in [1.807, 2.05) is 31.2 Å². The maximum absolute atomic E-state index is 11.8. The number of carbonyl (C=O) groups excluding carboxylic acids is 1. The van der Waals surface area contributed by atoms with E-state index in [-0.39, 0.29) is 17.9 Å². The molecular formula is C17H17N4O5-. The highest BCUT2D eigenvalue weighted by molar-refractivity contribution is 5.86. The van der Waals surface area contributed by atoms with Crippen LogP contribution in [0, 0.1) is 17.0 Å². The normalized spacial score (nSPS) is 10.5. The first kappa shape index (κ1) is 18.7. The first-order valence-electron chi connectivity index (χ1n) is 7.56. The van der Waals surface area contributed by atoms with E-state index >= 15 is 0 Å². The second-order valence-corrected chi connectivity index (χ2v) is 5.34. The number of nitrogens with zero attached hydrogens (tertiary/aromatic N) is 2. The summed E-state index contributed by atoms with van der Waals surface area (Å²) in [5.74, 6) is -1.39. The molecule has 136 valence electrons. The summed E-state index contributed by atoms with van der Waals surface area (Å²) in [6.07, 6.45) is 1.19. The van der Waals surface area contributed by atoms with Crippen molar-refractivity contribution in [3.8, 4) is 11.5 Å². The van der Waals surface area contributed by atoms with Crippen molar-refractivity contribution >= 4 is 23.5 Å². The predicted molar refractivity (Wildman–Crippen MR) is 94.5 cm³/mol. The molecule has 0 unspecified atom stereocenters. The Labute approximate surface area is 149 Å². The third kappa shape index (κ3) is 4.94. The Kier molecular flexibility index (Phi) is 6.10. The van der Waals surface area contributed by atoms with Gasteiger partial charge in [-0.05, 0) is 25.1 Å². The molecule has 0 saturated heterocycles. The molecule has 2 rings (SSSR count). The number of hydrogen-bond donors (Lipinski definition) is 2. The van der Waals surface area contributed by atoms with Gasteiger partial charge in [-0.1, -0.05) is 17.7 Å². The van der Waals surface area contributed by atoms with Crippen LogP contribution in [0.5, 0.6) is 11.5 Å². The molecule has 2 aromatic rings. The number of anilines is 1. The zero-order chi connectivity index (χ0) is 19.1. The Morgan fingerprint density at radius 2 is 2.00 bits per heavy atom. The summed E-state index contributed by atoms with van der Waals surface area (Å²) in [5.41, 5.74) is 3.82. The van der Waals surface area contributed by atoms with Gasteiger partial charge in [0, 0.05) is 23.1 Å². The Hall–Kier alpha value is -3.62. The van der Waals surface area contributed by atoms with E-state index in [2.05, 4.69) is 15.8 Å². The molecule has 0 aliphatic carbocycles. The molecule has 0 bridgehead atoms. The van der Waals surface area contributed by atoms with Crippen LogP contribution in [-0.4, -0.2) is 30.7 Å². The van der Waals surface area contributed by atoms with Gasteiger partial charge in [0.25, 0.3) is 11.6 Å². The van der Waals surface area contributed by atoms with Gasteiger partial charge >= 0.3 is 0 Å². The van der Waals surface area contributed by atoms with Gasteiger partial charge in [-0.3, -0.25) is 14.9 Å². The third-order valence-corrected chi connectivity index (χ3v) is 3.38. The van der Waals surface area contributed by atoms with E-state index in [1.54, 1.807) is 0 Å². The Morgan fingerprint density at radius 3 is 2.62 bits per heavy atom. The second-order valence-electron chi connectivity index (χ2n) is 5.34. The zero-order valence-electron chi connectivity index (χ0n) is 14.2. The Bertz CT molecular complexity index is 834.